The van der Waals surface area contributed by atoms with E-state index in [0.717, 1.165) is 12.1 Å². The fraction of sp³-hybridized carbons (Fsp3) is 0.429. The average Bonchev–Trinajstić information content (AvgIpc) is 1.89. The summed E-state index contributed by atoms with van der Waals surface area (Å²) in [5.74, 6) is 0. The summed E-state index contributed by atoms with van der Waals surface area (Å²) in [4.78, 5) is 0. The number of nitrogens with one attached hydrogen (secondary N) is 2. The summed E-state index contributed by atoms with van der Waals surface area (Å²) < 4.78 is 0. The molecule has 0 saturated carbocycles. The molecular weight excluding hydrogens is 112 g/mol. The van der Waals surface area contributed by atoms with Gasteiger partial charge in [-0.15, -0.1) is 0 Å². The van der Waals surface area contributed by atoms with E-state index in [-0.39, 0.29) is 0 Å². The van der Waals surface area contributed by atoms with Gasteiger partial charge in [0.25, 0.3) is 0 Å². The van der Waals surface area contributed by atoms with Crippen LogP contribution in [0.15, 0.2) is 12.3 Å². The lowest BCUT2D eigenvalue weighted by molar-refractivity contribution is 0.728. The van der Waals surface area contributed by atoms with Gasteiger partial charge in [0.2, 0.25) is 0 Å². The lowest BCUT2D eigenvalue weighted by atomic mass is 10.4. The maximum atomic E-state index is 4.93. The van der Waals surface area contributed by atoms with Gasteiger partial charge < -0.3 is 10.6 Å². The van der Waals surface area contributed by atoms with E-state index in [9.17, 15) is 0 Å². The van der Waals surface area contributed by atoms with Crippen molar-refractivity contribution in [1.29, 1.82) is 0 Å². The molecule has 2 heteroatoms. The molecule has 0 aromatic heterocycles. The van der Waals surface area contributed by atoms with Gasteiger partial charge in [-0.1, -0.05) is 19.9 Å². The van der Waals surface area contributed by atoms with E-state index >= 15 is 0 Å². The van der Waals surface area contributed by atoms with Crippen LogP contribution in [-0.2, 0) is 0 Å². The Morgan fingerprint density at radius 2 is 2.44 bits per heavy atom. The van der Waals surface area contributed by atoms with Gasteiger partial charge in [0.05, 0.1) is 6.67 Å². The van der Waals surface area contributed by atoms with E-state index in [1.54, 1.807) is 0 Å². The van der Waals surface area contributed by atoms with Gasteiger partial charge in [0, 0.05) is 11.7 Å². The zero-order valence-electron chi connectivity index (χ0n) is 5.70. The first-order valence-corrected chi connectivity index (χ1v) is 2.91. The van der Waals surface area contributed by atoms with E-state index in [1.165, 1.54) is 0 Å². The van der Waals surface area contributed by atoms with E-state index in [0.29, 0.717) is 6.67 Å². The average molecular weight is 124 g/mol. The summed E-state index contributed by atoms with van der Waals surface area (Å²) in [6, 6.07) is 2.29. The van der Waals surface area contributed by atoms with Gasteiger partial charge in [-0.2, -0.15) is 0 Å². The Morgan fingerprint density at radius 3 is 2.89 bits per heavy atom. The molecule has 0 rings (SSSR count). The number of hydrogen-bond donors (Lipinski definition) is 2. The maximum Gasteiger partial charge on any atom is 0.0920 e. The molecule has 0 fully saturated rings. The molecule has 2 nitrogen and oxygen atoms in total. The predicted octanol–water partition coefficient (Wildman–Crippen LogP) is 0.637. The van der Waals surface area contributed by atoms with Crippen LogP contribution in [0.4, 0.5) is 0 Å². The highest BCUT2D eigenvalue weighted by molar-refractivity contribution is 4.90. The zero-order chi connectivity index (χ0) is 7.11. The topological polar surface area (TPSA) is 24.1 Å². The second-order valence-electron chi connectivity index (χ2n) is 1.63. The molecule has 0 aliphatic rings. The Bertz CT molecular complexity index is 121. The largest absolute Gasteiger partial charge is 0.371 e. The summed E-state index contributed by atoms with van der Waals surface area (Å²) in [6.45, 7) is 6.36. The highest BCUT2D eigenvalue weighted by Crippen LogP contribution is 1.86. The van der Waals surface area contributed by atoms with Crippen molar-refractivity contribution in [3.8, 4) is 12.5 Å². The summed E-state index contributed by atoms with van der Waals surface area (Å²) in [5, 5.41) is 5.65. The summed E-state index contributed by atoms with van der Waals surface area (Å²) in [6.07, 6.45) is 5.86. The zero-order valence-corrected chi connectivity index (χ0v) is 5.70. The van der Waals surface area contributed by atoms with Crippen LogP contribution < -0.4 is 10.6 Å². The van der Waals surface area contributed by atoms with Crippen LogP contribution in [0.25, 0.3) is 0 Å². The molecule has 0 bridgehead atoms. The molecule has 0 radical (unpaired) electrons. The normalized spacial score (nSPS) is 7.56. The van der Waals surface area contributed by atoms with Crippen molar-refractivity contribution in [3.05, 3.63) is 12.3 Å². The maximum absolute atomic E-state index is 4.93. The molecule has 0 unspecified atom stereocenters. The predicted molar refractivity (Wildman–Crippen MR) is 39.4 cm³/mol. The smallest absolute Gasteiger partial charge is 0.0920 e. The molecule has 0 amide bonds. The molecule has 0 aromatic carbocycles. The summed E-state index contributed by atoms with van der Waals surface area (Å²) in [5.41, 5.74) is 0.998. The quantitative estimate of drug-likeness (QED) is 0.249. The Balaban J connectivity index is 3.09. The Hall–Kier alpha value is -1.10. The molecule has 0 aliphatic heterocycles. The van der Waals surface area contributed by atoms with Crippen molar-refractivity contribution < 1.29 is 0 Å². The second-order valence-corrected chi connectivity index (χ2v) is 1.63. The van der Waals surface area contributed by atoms with Crippen LogP contribution in [0.5, 0.6) is 0 Å². The number of hydrogen-bond acceptors (Lipinski definition) is 2. The highest BCUT2D eigenvalue weighted by atomic mass is 15.0. The van der Waals surface area contributed by atoms with E-state index < -0.39 is 0 Å². The molecule has 50 valence electrons. The Morgan fingerprint density at radius 1 is 1.78 bits per heavy atom. The Labute approximate surface area is 56.3 Å². The van der Waals surface area contributed by atoms with E-state index in [4.69, 9.17) is 6.42 Å². The number of rotatable bonds is 4. The van der Waals surface area contributed by atoms with Crippen LogP contribution in [0.1, 0.15) is 13.3 Å². The Kier molecular flexibility index (Phi) is 4.43. The lowest BCUT2D eigenvalue weighted by Crippen LogP contribution is -2.23. The van der Waals surface area contributed by atoms with Gasteiger partial charge in [0.15, 0.2) is 0 Å². The van der Waals surface area contributed by atoms with Crippen molar-refractivity contribution in [2.75, 3.05) is 6.67 Å². The fourth-order valence-corrected chi connectivity index (χ4v) is 0.345. The summed E-state index contributed by atoms with van der Waals surface area (Å²) >= 11 is 0. The minimum Gasteiger partial charge on any atom is -0.371 e. The molecule has 0 saturated heterocycles. The van der Waals surface area contributed by atoms with Crippen LogP contribution in [0.3, 0.4) is 0 Å². The molecule has 0 spiro atoms. The third-order valence-corrected chi connectivity index (χ3v) is 0.956. The fourth-order valence-electron chi connectivity index (χ4n) is 0.345. The van der Waals surface area contributed by atoms with Crippen molar-refractivity contribution in [2.24, 2.45) is 0 Å². The first kappa shape index (κ1) is 7.90. The molecule has 0 aliphatic carbocycles. The van der Waals surface area contributed by atoms with Crippen molar-refractivity contribution >= 4 is 0 Å². The van der Waals surface area contributed by atoms with Gasteiger partial charge in [-0.05, 0) is 6.42 Å². The van der Waals surface area contributed by atoms with Crippen LogP contribution in [0, 0.1) is 12.5 Å². The summed E-state index contributed by atoms with van der Waals surface area (Å²) in [7, 11) is 0. The minimum atomic E-state index is 0.600. The van der Waals surface area contributed by atoms with Crippen LogP contribution >= 0.6 is 0 Å². The molecule has 2 N–H and O–H groups in total. The molecular formula is C7H12N2. The van der Waals surface area contributed by atoms with Crippen molar-refractivity contribution in [3.63, 3.8) is 0 Å². The van der Waals surface area contributed by atoms with E-state index in [1.807, 2.05) is 6.92 Å². The van der Waals surface area contributed by atoms with Crippen LogP contribution in [0.2, 0.25) is 0 Å². The van der Waals surface area contributed by atoms with Gasteiger partial charge in [0.1, 0.15) is 0 Å². The second kappa shape index (κ2) is 5.04. The lowest BCUT2D eigenvalue weighted by Gasteiger charge is -2.04. The first-order valence-electron chi connectivity index (χ1n) is 2.91. The third kappa shape index (κ3) is 4.76. The molecule has 0 atom stereocenters. The number of allylic oxidation sites excluding steroid dienone is 1. The van der Waals surface area contributed by atoms with Crippen LogP contribution in [-0.4, -0.2) is 6.67 Å². The minimum absolute atomic E-state index is 0.600. The van der Waals surface area contributed by atoms with Gasteiger partial charge >= 0.3 is 0 Å². The standard InChI is InChI=1S/C7H12N2/c1-4-7(3)9-6-8-5-2/h2,8-9H,3-4,6H2,1H3. The van der Waals surface area contributed by atoms with E-state index in [2.05, 4.69) is 23.3 Å². The van der Waals surface area contributed by atoms with Gasteiger partial charge in [-0.25, -0.2) is 0 Å². The molecule has 9 heavy (non-hydrogen) atoms. The van der Waals surface area contributed by atoms with Crippen molar-refractivity contribution in [1.82, 2.24) is 10.6 Å². The molecule has 0 heterocycles. The third-order valence-electron chi connectivity index (χ3n) is 0.956. The van der Waals surface area contributed by atoms with Crippen molar-refractivity contribution in [2.45, 2.75) is 13.3 Å². The number of terminal acetylenes is 1. The monoisotopic (exact) mass is 124 g/mol. The first-order chi connectivity index (χ1) is 4.31. The molecule has 0 aromatic rings. The van der Waals surface area contributed by atoms with Gasteiger partial charge in [-0.3, -0.25) is 0 Å². The SMILES string of the molecule is C#CNCNC(=C)CC. The highest BCUT2D eigenvalue weighted by Gasteiger charge is 1.83.